The van der Waals surface area contributed by atoms with Crippen molar-refractivity contribution in [2.45, 2.75) is 6.61 Å². The van der Waals surface area contributed by atoms with Crippen LogP contribution in [0.5, 0.6) is 11.5 Å². The van der Waals surface area contributed by atoms with E-state index in [2.05, 4.69) is 33.2 Å². The minimum absolute atomic E-state index is 0.108. The summed E-state index contributed by atoms with van der Waals surface area (Å²) >= 11 is 3.50. The molecule has 1 heterocycles. The average molecular weight is 544 g/mol. The van der Waals surface area contributed by atoms with E-state index in [-0.39, 0.29) is 35.1 Å². The lowest BCUT2D eigenvalue weighted by molar-refractivity contribution is 0.282. The number of hydrogen-bond acceptors (Lipinski definition) is 6. The van der Waals surface area contributed by atoms with E-state index in [1.165, 1.54) is 23.9 Å². The van der Waals surface area contributed by atoms with Crippen LogP contribution < -0.4 is 15.2 Å². The van der Waals surface area contributed by atoms with Gasteiger partial charge in [0.15, 0.2) is 11.5 Å². The predicted octanol–water partition coefficient (Wildman–Crippen LogP) is 5.88. The molecule has 0 amide bonds. The van der Waals surface area contributed by atoms with Crippen molar-refractivity contribution in [1.82, 2.24) is 9.78 Å². The highest BCUT2D eigenvalue weighted by Crippen LogP contribution is 2.38. The van der Waals surface area contributed by atoms with E-state index >= 15 is 0 Å². The number of rotatable bonds is 7. The van der Waals surface area contributed by atoms with E-state index in [0.717, 1.165) is 5.56 Å². The molecule has 0 fully saturated rings. The highest BCUT2D eigenvalue weighted by Gasteiger charge is 2.20. The van der Waals surface area contributed by atoms with Gasteiger partial charge in [0, 0.05) is 0 Å². The van der Waals surface area contributed by atoms with Crippen LogP contribution in [-0.2, 0) is 6.61 Å². The van der Waals surface area contributed by atoms with Crippen LogP contribution in [0, 0.1) is 28.5 Å². The quantitative estimate of drug-likeness (QED) is 0.291. The molecule has 0 aliphatic heterocycles. The molecule has 0 aliphatic carbocycles. The van der Waals surface area contributed by atoms with E-state index in [1.807, 2.05) is 18.2 Å². The van der Waals surface area contributed by atoms with E-state index < -0.39 is 0 Å². The first-order valence-corrected chi connectivity index (χ1v) is 11.5. The fourth-order valence-corrected chi connectivity index (χ4v) is 4.09. The third-order valence-corrected chi connectivity index (χ3v) is 5.86. The van der Waals surface area contributed by atoms with Crippen LogP contribution in [0.3, 0.4) is 0 Å². The molecule has 36 heavy (non-hydrogen) atoms. The molecule has 0 saturated heterocycles. The van der Waals surface area contributed by atoms with Crippen molar-refractivity contribution in [3.05, 3.63) is 99.4 Å². The van der Waals surface area contributed by atoms with Gasteiger partial charge in [0.05, 0.1) is 22.8 Å². The first kappa shape index (κ1) is 24.5. The smallest absolute Gasteiger partial charge is 0.175 e. The second-order valence-corrected chi connectivity index (χ2v) is 8.44. The second-order valence-electron chi connectivity index (χ2n) is 7.59. The van der Waals surface area contributed by atoms with Gasteiger partial charge in [0.1, 0.15) is 41.6 Å². The molecule has 0 atom stereocenters. The van der Waals surface area contributed by atoms with Gasteiger partial charge in [-0.3, -0.25) is 0 Å². The van der Waals surface area contributed by atoms with Gasteiger partial charge in [0.25, 0.3) is 0 Å². The number of nitrogen functional groups attached to an aromatic ring is 1. The van der Waals surface area contributed by atoms with E-state index in [9.17, 15) is 14.9 Å². The van der Waals surface area contributed by atoms with Gasteiger partial charge in [-0.2, -0.15) is 15.6 Å². The van der Waals surface area contributed by atoms with E-state index in [4.69, 9.17) is 15.2 Å². The largest absolute Gasteiger partial charge is 0.493 e. The molecule has 178 valence electrons. The Hall–Kier alpha value is -4.60. The van der Waals surface area contributed by atoms with Gasteiger partial charge in [0.2, 0.25) is 0 Å². The highest BCUT2D eigenvalue weighted by atomic mass is 79.9. The summed E-state index contributed by atoms with van der Waals surface area (Å²) in [6.45, 7) is 0.204. The van der Waals surface area contributed by atoms with Crippen molar-refractivity contribution in [3.8, 4) is 29.3 Å². The van der Waals surface area contributed by atoms with Crippen molar-refractivity contribution in [2.24, 2.45) is 0 Å². The van der Waals surface area contributed by atoms with Gasteiger partial charge in [-0.25, -0.2) is 9.07 Å². The van der Waals surface area contributed by atoms with Crippen LogP contribution in [0.15, 0.2) is 71.2 Å². The fourth-order valence-electron chi connectivity index (χ4n) is 3.52. The van der Waals surface area contributed by atoms with Crippen molar-refractivity contribution in [3.63, 3.8) is 0 Å². The van der Waals surface area contributed by atoms with E-state index in [0.29, 0.717) is 27.2 Å². The molecule has 7 nitrogen and oxygen atoms in total. The molecule has 3 aromatic carbocycles. The molecule has 0 bridgehead atoms. The number of nitrogens with two attached hydrogens (primary N) is 1. The van der Waals surface area contributed by atoms with Gasteiger partial charge < -0.3 is 15.2 Å². The Labute approximate surface area is 215 Å². The number of halogens is 2. The second kappa shape index (κ2) is 10.8. The topological polar surface area (TPSA) is 110 Å². The van der Waals surface area contributed by atoms with Crippen molar-refractivity contribution < 1.29 is 13.9 Å². The van der Waals surface area contributed by atoms with Gasteiger partial charge in [-0.15, -0.1) is 0 Å². The molecule has 4 aromatic rings. The molecule has 0 aliphatic rings. The zero-order chi connectivity index (χ0) is 25.7. The summed E-state index contributed by atoms with van der Waals surface area (Å²) in [5.74, 6) is 0.692. The lowest BCUT2D eigenvalue weighted by atomic mass is 10.1. The molecule has 0 unspecified atom stereocenters. The Morgan fingerprint density at radius 1 is 1.14 bits per heavy atom. The molecule has 0 saturated carbocycles. The molecule has 9 heteroatoms. The molecule has 1 aromatic heterocycles. The van der Waals surface area contributed by atoms with Crippen molar-refractivity contribution in [2.75, 3.05) is 12.8 Å². The van der Waals surface area contributed by atoms with Crippen LogP contribution in [-0.4, -0.2) is 16.9 Å². The fraction of sp³-hybridized carbons (Fsp3) is 0.0741. The molecular formula is C27H19BrFN5O2. The summed E-state index contributed by atoms with van der Waals surface area (Å²) in [6.07, 6.45) is 1.59. The summed E-state index contributed by atoms with van der Waals surface area (Å²) in [6, 6.07) is 22.7. The van der Waals surface area contributed by atoms with Crippen molar-refractivity contribution in [1.29, 1.82) is 10.5 Å². The Kier molecular flexibility index (Phi) is 7.33. The molecular weight excluding hydrogens is 525 g/mol. The zero-order valence-electron chi connectivity index (χ0n) is 19.1. The number of aromatic nitrogens is 2. The third kappa shape index (κ3) is 5.07. The summed E-state index contributed by atoms with van der Waals surface area (Å²) in [5.41, 5.74) is 8.69. The highest BCUT2D eigenvalue weighted by molar-refractivity contribution is 9.10. The first-order chi connectivity index (χ1) is 17.4. The maximum atomic E-state index is 13.2. The number of benzene rings is 3. The number of para-hydroxylation sites is 1. The predicted molar refractivity (Wildman–Crippen MR) is 138 cm³/mol. The lowest BCUT2D eigenvalue weighted by Gasteiger charge is -2.14. The van der Waals surface area contributed by atoms with Crippen LogP contribution in [0.4, 0.5) is 10.2 Å². The monoisotopic (exact) mass is 543 g/mol. The lowest BCUT2D eigenvalue weighted by Crippen LogP contribution is -2.02. The number of methoxy groups -OCH3 is 1. The minimum Gasteiger partial charge on any atom is -0.493 e. The third-order valence-electron chi connectivity index (χ3n) is 5.27. The summed E-state index contributed by atoms with van der Waals surface area (Å²) < 4.78 is 26.6. The molecule has 4 rings (SSSR count). The maximum absolute atomic E-state index is 13.2. The number of allylic oxidation sites excluding steroid dienone is 1. The minimum atomic E-state index is -0.322. The number of nitrogens with zero attached hydrogens (tertiary/aromatic N) is 4. The van der Waals surface area contributed by atoms with Crippen LogP contribution in [0.1, 0.15) is 22.4 Å². The average Bonchev–Trinajstić information content (AvgIpc) is 3.23. The van der Waals surface area contributed by atoms with Crippen LogP contribution >= 0.6 is 15.9 Å². The Morgan fingerprint density at radius 3 is 2.50 bits per heavy atom. The SMILES string of the molecule is COc1cc(/C=C(\C#N)c2nn(-c3ccccc3)c(N)c2C#N)cc(Br)c1OCc1ccc(F)cc1. The van der Waals surface area contributed by atoms with E-state index in [1.54, 1.807) is 42.5 Å². The summed E-state index contributed by atoms with van der Waals surface area (Å²) in [4.78, 5) is 0. The van der Waals surface area contributed by atoms with Gasteiger partial charge >= 0.3 is 0 Å². The molecule has 2 N–H and O–H groups in total. The van der Waals surface area contributed by atoms with Gasteiger partial charge in [-0.05, 0) is 69.5 Å². The Morgan fingerprint density at radius 2 is 1.86 bits per heavy atom. The summed E-state index contributed by atoms with van der Waals surface area (Å²) in [5, 5.41) is 24.1. The maximum Gasteiger partial charge on any atom is 0.175 e. The first-order valence-electron chi connectivity index (χ1n) is 10.7. The van der Waals surface area contributed by atoms with Crippen molar-refractivity contribution >= 4 is 33.4 Å². The summed E-state index contributed by atoms with van der Waals surface area (Å²) in [7, 11) is 1.50. The standard InChI is InChI=1S/C27H19BrFN5O2/c1-35-24-13-18(12-23(28)26(24)36-16-17-7-9-20(29)10-8-17)11-19(14-30)25-22(15-31)27(32)34(33-25)21-5-3-2-4-6-21/h2-13H,16,32H2,1H3/b19-11+. The molecule has 0 spiro atoms. The Balaban J connectivity index is 1.69. The van der Waals surface area contributed by atoms with Crippen LogP contribution in [0.25, 0.3) is 17.3 Å². The molecule has 0 radical (unpaired) electrons. The number of anilines is 1. The zero-order valence-corrected chi connectivity index (χ0v) is 20.7. The Bertz CT molecular complexity index is 1520. The van der Waals surface area contributed by atoms with Gasteiger partial charge in [-0.1, -0.05) is 30.3 Å². The number of hydrogen-bond donors (Lipinski definition) is 1. The van der Waals surface area contributed by atoms with Crippen LogP contribution in [0.2, 0.25) is 0 Å². The number of ether oxygens (including phenoxy) is 2. The number of nitriles is 2. The normalized spacial score (nSPS) is 11.0.